The average Bonchev–Trinajstić information content (AvgIpc) is 2.61. The van der Waals surface area contributed by atoms with Crippen molar-refractivity contribution in [3.63, 3.8) is 0 Å². The van der Waals surface area contributed by atoms with E-state index in [0.29, 0.717) is 11.8 Å². The second kappa shape index (κ2) is 4.85. The first kappa shape index (κ1) is 12.1. The van der Waals surface area contributed by atoms with Crippen molar-refractivity contribution in [2.24, 2.45) is 5.92 Å². The fourth-order valence-electron chi connectivity index (χ4n) is 2.56. The summed E-state index contributed by atoms with van der Waals surface area (Å²) in [6.07, 6.45) is 2.47. The van der Waals surface area contributed by atoms with E-state index < -0.39 is 0 Å². The van der Waals surface area contributed by atoms with Gasteiger partial charge in [-0.25, -0.2) is 0 Å². The lowest BCUT2D eigenvalue weighted by Gasteiger charge is -2.18. The van der Waals surface area contributed by atoms with Gasteiger partial charge in [0.05, 0.1) is 10.7 Å². The quantitative estimate of drug-likeness (QED) is 0.809. The highest BCUT2D eigenvalue weighted by Crippen LogP contribution is 2.43. The van der Waals surface area contributed by atoms with Crippen molar-refractivity contribution in [2.45, 2.75) is 32.6 Å². The molecule has 2 atom stereocenters. The molecule has 0 saturated carbocycles. The molecule has 1 N–H and O–H groups in total. The molecule has 1 nitrogen and oxygen atoms in total. The largest absolute Gasteiger partial charge is 0.383 e. The Morgan fingerprint density at radius 1 is 1.44 bits per heavy atom. The van der Waals surface area contributed by atoms with Gasteiger partial charge in [0, 0.05) is 17.5 Å². The summed E-state index contributed by atoms with van der Waals surface area (Å²) < 4.78 is 0. The summed E-state index contributed by atoms with van der Waals surface area (Å²) in [4.78, 5) is 0. The lowest BCUT2D eigenvalue weighted by atomic mass is 9.86. The number of fused-ring (bicyclic) bond motifs is 1. The van der Waals surface area contributed by atoms with Crippen molar-refractivity contribution >= 4 is 28.9 Å². The van der Waals surface area contributed by atoms with E-state index in [9.17, 15) is 0 Å². The van der Waals surface area contributed by atoms with Crippen molar-refractivity contribution in [2.75, 3.05) is 11.9 Å². The van der Waals surface area contributed by atoms with E-state index in [2.05, 4.69) is 25.2 Å². The molecule has 1 aromatic carbocycles. The van der Waals surface area contributed by atoms with Gasteiger partial charge in [0.15, 0.2) is 0 Å². The van der Waals surface area contributed by atoms with Crippen LogP contribution in [0, 0.1) is 5.92 Å². The molecule has 88 valence electrons. The maximum Gasteiger partial charge on any atom is 0.0655 e. The van der Waals surface area contributed by atoms with Crippen LogP contribution in [-0.2, 0) is 0 Å². The molecule has 3 heteroatoms. The summed E-state index contributed by atoms with van der Waals surface area (Å²) in [6, 6.07) is 3.86. The van der Waals surface area contributed by atoms with Gasteiger partial charge in [0.25, 0.3) is 0 Å². The fraction of sp³-hybridized carbons (Fsp3) is 0.538. The van der Waals surface area contributed by atoms with Crippen molar-refractivity contribution in [3.05, 3.63) is 27.7 Å². The van der Waals surface area contributed by atoms with E-state index in [0.717, 1.165) is 22.3 Å². The van der Waals surface area contributed by atoms with E-state index in [1.165, 1.54) is 18.4 Å². The molecule has 0 amide bonds. The molecule has 16 heavy (non-hydrogen) atoms. The molecular weight excluding hydrogens is 241 g/mol. The first-order chi connectivity index (χ1) is 7.63. The zero-order valence-electron chi connectivity index (χ0n) is 9.69. The van der Waals surface area contributed by atoms with E-state index in [4.69, 9.17) is 23.2 Å². The lowest BCUT2D eigenvalue weighted by Crippen LogP contribution is -2.11. The predicted molar refractivity (Wildman–Crippen MR) is 71.8 cm³/mol. The molecule has 1 heterocycles. The molecule has 0 saturated heterocycles. The number of hydrogen-bond acceptors (Lipinski definition) is 1. The fourth-order valence-corrected chi connectivity index (χ4v) is 3.13. The van der Waals surface area contributed by atoms with E-state index in [1.807, 2.05) is 6.07 Å². The predicted octanol–water partition coefficient (Wildman–Crippen LogP) is 4.94. The minimum Gasteiger partial charge on any atom is -0.383 e. The van der Waals surface area contributed by atoms with Gasteiger partial charge in [-0.15, -0.1) is 0 Å². The van der Waals surface area contributed by atoms with Crippen molar-refractivity contribution in [1.29, 1.82) is 0 Å². The van der Waals surface area contributed by atoms with E-state index >= 15 is 0 Å². The number of anilines is 1. The topological polar surface area (TPSA) is 12.0 Å². The van der Waals surface area contributed by atoms with Gasteiger partial charge in [0.2, 0.25) is 0 Å². The summed E-state index contributed by atoms with van der Waals surface area (Å²) in [6.45, 7) is 5.51. The van der Waals surface area contributed by atoms with Crippen molar-refractivity contribution < 1.29 is 0 Å². The third-order valence-corrected chi connectivity index (χ3v) is 3.93. The number of rotatable bonds is 3. The molecule has 0 fully saturated rings. The van der Waals surface area contributed by atoms with Crippen molar-refractivity contribution in [3.8, 4) is 0 Å². The lowest BCUT2D eigenvalue weighted by molar-refractivity contribution is 0.447. The van der Waals surface area contributed by atoms with Crippen molar-refractivity contribution in [1.82, 2.24) is 0 Å². The van der Waals surface area contributed by atoms with Gasteiger partial charge >= 0.3 is 0 Å². The van der Waals surface area contributed by atoms with Gasteiger partial charge in [-0.2, -0.15) is 0 Å². The number of nitrogens with one attached hydrogen (secondary N) is 1. The van der Waals surface area contributed by atoms with Crippen LogP contribution in [0.1, 0.15) is 38.2 Å². The first-order valence-corrected chi connectivity index (χ1v) is 6.62. The Hall–Kier alpha value is -0.400. The molecule has 0 bridgehead atoms. The number of halogens is 2. The zero-order valence-corrected chi connectivity index (χ0v) is 11.2. The maximum atomic E-state index is 6.18. The van der Waals surface area contributed by atoms with Crippen LogP contribution in [-0.4, -0.2) is 6.54 Å². The second-order valence-electron chi connectivity index (χ2n) is 4.61. The summed E-state index contributed by atoms with van der Waals surface area (Å²) in [5.41, 5.74) is 2.37. The highest BCUT2D eigenvalue weighted by atomic mass is 35.5. The highest BCUT2D eigenvalue weighted by molar-refractivity contribution is 6.36. The van der Waals surface area contributed by atoms with Crippen LogP contribution in [0.3, 0.4) is 0 Å². The third kappa shape index (κ3) is 2.16. The standard InChI is InChI=1S/C13H17Cl2N/c1-3-4-8(2)11-7-16-13-10(11)5-9(14)6-12(13)15/h5-6,8,11,16H,3-4,7H2,1-2H3. The molecule has 2 rings (SSSR count). The van der Waals surface area contributed by atoms with Gasteiger partial charge < -0.3 is 5.32 Å². The minimum atomic E-state index is 0.547. The Balaban J connectivity index is 2.31. The maximum absolute atomic E-state index is 6.18. The van der Waals surface area contributed by atoms with Crippen LogP contribution in [0.4, 0.5) is 5.69 Å². The molecule has 0 aromatic heterocycles. The Bertz CT molecular complexity index is 390. The average molecular weight is 258 g/mol. The highest BCUT2D eigenvalue weighted by Gasteiger charge is 2.28. The molecule has 0 radical (unpaired) electrons. The molecule has 1 aliphatic rings. The minimum absolute atomic E-state index is 0.547. The molecule has 2 unspecified atom stereocenters. The molecule has 0 aliphatic carbocycles. The van der Waals surface area contributed by atoms with E-state index in [1.54, 1.807) is 0 Å². The summed E-state index contributed by atoms with van der Waals surface area (Å²) in [5.74, 6) is 1.22. The summed E-state index contributed by atoms with van der Waals surface area (Å²) >= 11 is 12.2. The molecular formula is C13H17Cl2N. The summed E-state index contributed by atoms with van der Waals surface area (Å²) in [7, 11) is 0. The van der Waals surface area contributed by atoms with Crippen LogP contribution in [0.2, 0.25) is 10.0 Å². The molecule has 1 aromatic rings. The SMILES string of the molecule is CCCC(C)C1CNc2c(Cl)cc(Cl)cc21. The van der Waals surface area contributed by atoms with Gasteiger partial charge in [-0.05, 0) is 23.6 Å². The number of hydrogen-bond donors (Lipinski definition) is 1. The van der Waals surface area contributed by atoms with Crippen LogP contribution in [0.15, 0.2) is 12.1 Å². The van der Waals surface area contributed by atoms with Crippen LogP contribution in [0.5, 0.6) is 0 Å². The van der Waals surface area contributed by atoms with Gasteiger partial charge in [-0.1, -0.05) is 49.9 Å². The molecule has 0 spiro atoms. The Labute approximate surface area is 107 Å². The molecule has 1 aliphatic heterocycles. The monoisotopic (exact) mass is 257 g/mol. The Kier molecular flexibility index (Phi) is 3.66. The Morgan fingerprint density at radius 2 is 2.19 bits per heavy atom. The van der Waals surface area contributed by atoms with Crippen LogP contribution < -0.4 is 5.32 Å². The van der Waals surface area contributed by atoms with Crippen LogP contribution in [0.25, 0.3) is 0 Å². The second-order valence-corrected chi connectivity index (χ2v) is 5.45. The van der Waals surface area contributed by atoms with E-state index in [-0.39, 0.29) is 0 Å². The van der Waals surface area contributed by atoms with Crippen LogP contribution >= 0.6 is 23.2 Å². The van der Waals surface area contributed by atoms with Gasteiger partial charge in [-0.3, -0.25) is 0 Å². The normalized spacial score (nSPS) is 20.4. The van der Waals surface area contributed by atoms with Gasteiger partial charge in [0.1, 0.15) is 0 Å². The Morgan fingerprint density at radius 3 is 2.88 bits per heavy atom. The smallest absolute Gasteiger partial charge is 0.0655 e. The zero-order chi connectivity index (χ0) is 11.7. The third-order valence-electron chi connectivity index (χ3n) is 3.41. The number of benzene rings is 1. The summed E-state index contributed by atoms with van der Waals surface area (Å²) in [5, 5.41) is 4.88. The first-order valence-electron chi connectivity index (χ1n) is 5.86.